The lowest BCUT2D eigenvalue weighted by Gasteiger charge is -2.36. The zero-order valence-corrected chi connectivity index (χ0v) is 13.3. The fraction of sp³-hybridized carbons (Fsp3) is 0.571. The molecule has 1 aromatic rings. The Bertz CT molecular complexity index is 635. The summed E-state index contributed by atoms with van der Waals surface area (Å²) in [6.45, 7) is 2.69. The van der Waals surface area contributed by atoms with Gasteiger partial charge in [0.25, 0.3) is 0 Å². The van der Waals surface area contributed by atoms with Crippen molar-refractivity contribution < 1.29 is 13.5 Å². The first-order valence-corrected chi connectivity index (χ1v) is 8.97. The highest BCUT2D eigenvalue weighted by Gasteiger charge is 2.36. The van der Waals surface area contributed by atoms with Gasteiger partial charge in [0.05, 0.1) is 11.5 Å². The second-order valence-electron chi connectivity index (χ2n) is 5.61. The molecule has 0 bridgehead atoms. The van der Waals surface area contributed by atoms with Crippen LogP contribution in [0.1, 0.15) is 18.4 Å². The molecule has 7 heteroatoms. The lowest BCUT2D eigenvalue weighted by Crippen LogP contribution is -2.51. The average molecular weight is 331 g/mol. The van der Waals surface area contributed by atoms with Crippen molar-refractivity contribution in [3.05, 3.63) is 28.8 Å². The number of sulfonamides is 1. The third-order valence-electron chi connectivity index (χ3n) is 4.38. The predicted octanol–water partition coefficient (Wildman–Crippen LogP) is 1.30. The van der Waals surface area contributed by atoms with Crippen molar-refractivity contribution in [3.8, 4) is 0 Å². The van der Waals surface area contributed by atoms with Gasteiger partial charge in [-0.3, -0.25) is 4.90 Å². The summed E-state index contributed by atoms with van der Waals surface area (Å²) in [4.78, 5) is 2.58. The van der Waals surface area contributed by atoms with Crippen molar-refractivity contribution in [2.24, 2.45) is 0 Å². The van der Waals surface area contributed by atoms with Crippen molar-refractivity contribution >= 4 is 21.6 Å². The van der Waals surface area contributed by atoms with E-state index in [2.05, 4.69) is 4.90 Å². The Morgan fingerprint density at radius 3 is 2.86 bits per heavy atom. The maximum atomic E-state index is 12.7. The summed E-state index contributed by atoms with van der Waals surface area (Å²) in [5.41, 5.74) is 0.442. The average Bonchev–Trinajstić information content (AvgIpc) is 2.94. The van der Waals surface area contributed by atoms with Crippen LogP contribution >= 0.6 is 11.6 Å². The van der Waals surface area contributed by atoms with Gasteiger partial charge in [-0.25, -0.2) is 8.42 Å². The molecule has 0 spiro atoms. The van der Waals surface area contributed by atoms with E-state index in [9.17, 15) is 13.5 Å². The molecule has 2 fully saturated rings. The molecule has 2 aliphatic rings. The van der Waals surface area contributed by atoms with E-state index in [1.54, 1.807) is 4.31 Å². The number of halogens is 1. The number of piperazine rings is 1. The van der Waals surface area contributed by atoms with Gasteiger partial charge in [0.2, 0.25) is 10.0 Å². The highest BCUT2D eigenvalue weighted by molar-refractivity contribution is 7.89. The lowest BCUT2D eigenvalue weighted by molar-refractivity contribution is 0.158. The maximum Gasteiger partial charge on any atom is 0.243 e. The van der Waals surface area contributed by atoms with Gasteiger partial charge >= 0.3 is 0 Å². The highest BCUT2D eigenvalue weighted by Crippen LogP contribution is 2.27. The van der Waals surface area contributed by atoms with Crippen LogP contribution in [0, 0.1) is 0 Å². The molecule has 116 valence electrons. The van der Waals surface area contributed by atoms with Crippen molar-refractivity contribution in [2.75, 3.05) is 26.2 Å². The third kappa shape index (κ3) is 2.83. The van der Waals surface area contributed by atoms with Crippen molar-refractivity contribution in [3.63, 3.8) is 0 Å². The monoisotopic (exact) mass is 330 g/mol. The number of nitrogens with zero attached hydrogens (tertiary/aromatic N) is 2. The van der Waals surface area contributed by atoms with Gasteiger partial charge in [0.1, 0.15) is 0 Å². The minimum Gasteiger partial charge on any atom is -0.392 e. The maximum absolute atomic E-state index is 12.7. The van der Waals surface area contributed by atoms with Crippen LogP contribution in [0.3, 0.4) is 0 Å². The largest absolute Gasteiger partial charge is 0.392 e. The molecule has 2 saturated heterocycles. The molecule has 1 N–H and O–H groups in total. The molecule has 1 aromatic carbocycles. The topological polar surface area (TPSA) is 60.9 Å². The number of benzene rings is 1. The molecule has 0 radical (unpaired) electrons. The summed E-state index contributed by atoms with van der Waals surface area (Å²) in [7, 11) is -3.51. The van der Waals surface area contributed by atoms with Crippen LogP contribution < -0.4 is 0 Å². The molecular weight excluding hydrogens is 312 g/mol. The zero-order valence-electron chi connectivity index (χ0n) is 11.7. The Kier molecular flexibility index (Phi) is 4.25. The minimum absolute atomic E-state index is 0.211. The molecule has 1 unspecified atom stereocenters. The van der Waals surface area contributed by atoms with Crippen LogP contribution in [0.4, 0.5) is 0 Å². The van der Waals surface area contributed by atoms with Crippen molar-refractivity contribution in [1.82, 2.24) is 9.21 Å². The van der Waals surface area contributed by atoms with Crippen LogP contribution in [0.15, 0.2) is 23.1 Å². The fourth-order valence-corrected chi connectivity index (χ4v) is 4.86. The molecule has 0 saturated carbocycles. The Morgan fingerprint density at radius 1 is 1.29 bits per heavy atom. The van der Waals surface area contributed by atoms with E-state index in [0.717, 1.165) is 25.9 Å². The summed E-state index contributed by atoms with van der Waals surface area (Å²) < 4.78 is 27.0. The van der Waals surface area contributed by atoms with E-state index in [0.29, 0.717) is 29.7 Å². The van der Waals surface area contributed by atoms with Crippen LogP contribution in [-0.2, 0) is 16.6 Å². The van der Waals surface area contributed by atoms with Crippen LogP contribution in [0.5, 0.6) is 0 Å². The smallest absolute Gasteiger partial charge is 0.243 e. The number of fused-ring (bicyclic) bond motifs is 1. The predicted molar refractivity (Wildman–Crippen MR) is 80.7 cm³/mol. The second kappa shape index (κ2) is 5.85. The SMILES string of the molecule is O=S(=O)(c1ccc(Cl)c(CO)c1)N1CCN2CCCC2C1. The Morgan fingerprint density at radius 2 is 2.10 bits per heavy atom. The second-order valence-corrected chi connectivity index (χ2v) is 7.95. The van der Waals surface area contributed by atoms with Gasteiger partial charge in [0, 0.05) is 30.7 Å². The highest BCUT2D eigenvalue weighted by atomic mass is 35.5. The Labute approximate surface area is 130 Å². The van der Waals surface area contributed by atoms with E-state index in [4.69, 9.17) is 11.6 Å². The van der Waals surface area contributed by atoms with Crippen molar-refractivity contribution in [2.45, 2.75) is 30.4 Å². The summed E-state index contributed by atoms with van der Waals surface area (Å²) in [6, 6.07) is 4.86. The molecular formula is C14H19ClN2O3S. The summed E-state index contributed by atoms with van der Waals surface area (Å²) in [5.74, 6) is 0. The van der Waals surface area contributed by atoms with Crippen LogP contribution in [0.25, 0.3) is 0 Å². The first kappa shape index (κ1) is 15.2. The molecule has 1 atom stereocenters. The minimum atomic E-state index is -3.51. The molecule has 21 heavy (non-hydrogen) atoms. The number of hydrogen-bond acceptors (Lipinski definition) is 4. The zero-order chi connectivity index (χ0) is 15.0. The van der Waals surface area contributed by atoms with Gasteiger partial charge in [-0.1, -0.05) is 11.6 Å². The molecule has 2 heterocycles. The first-order chi connectivity index (χ1) is 10.0. The third-order valence-corrected chi connectivity index (χ3v) is 6.61. The molecule has 5 nitrogen and oxygen atoms in total. The van der Waals surface area contributed by atoms with Gasteiger partial charge in [-0.15, -0.1) is 0 Å². The van der Waals surface area contributed by atoms with Gasteiger partial charge in [-0.2, -0.15) is 4.31 Å². The standard InChI is InChI=1S/C14H19ClN2O3S/c15-14-4-3-13(8-11(14)10-18)21(19,20)17-7-6-16-5-1-2-12(16)9-17/h3-4,8,12,18H,1-2,5-7,9-10H2. The van der Waals surface area contributed by atoms with E-state index >= 15 is 0 Å². The van der Waals surface area contributed by atoms with Crippen LogP contribution in [-0.4, -0.2) is 55.0 Å². The van der Waals surface area contributed by atoms with E-state index in [-0.39, 0.29) is 11.5 Å². The number of aliphatic hydroxyl groups is 1. The van der Waals surface area contributed by atoms with Crippen LogP contribution in [0.2, 0.25) is 5.02 Å². The van der Waals surface area contributed by atoms with Gasteiger partial charge in [0.15, 0.2) is 0 Å². The fourth-order valence-electron chi connectivity index (χ4n) is 3.16. The molecule has 0 aliphatic carbocycles. The van der Waals surface area contributed by atoms with E-state index < -0.39 is 10.0 Å². The molecule has 2 aliphatic heterocycles. The molecule has 0 aromatic heterocycles. The number of hydrogen-bond donors (Lipinski definition) is 1. The normalized spacial score (nSPS) is 24.2. The first-order valence-electron chi connectivity index (χ1n) is 7.16. The van der Waals surface area contributed by atoms with Gasteiger partial charge in [-0.05, 0) is 43.1 Å². The van der Waals surface area contributed by atoms with Gasteiger partial charge < -0.3 is 5.11 Å². The Hall–Kier alpha value is -0.660. The Balaban J connectivity index is 1.86. The number of aliphatic hydroxyl groups excluding tert-OH is 1. The molecule has 3 rings (SSSR count). The summed E-state index contributed by atoms with van der Waals surface area (Å²) in [6.07, 6.45) is 2.21. The lowest BCUT2D eigenvalue weighted by atomic mass is 10.2. The summed E-state index contributed by atoms with van der Waals surface area (Å²) in [5, 5.41) is 9.63. The number of rotatable bonds is 3. The van der Waals surface area contributed by atoms with Crippen molar-refractivity contribution in [1.29, 1.82) is 0 Å². The van der Waals surface area contributed by atoms with E-state index in [1.165, 1.54) is 18.2 Å². The van der Waals surface area contributed by atoms with E-state index in [1.807, 2.05) is 0 Å². The quantitative estimate of drug-likeness (QED) is 0.907. The summed E-state index contributed by atoms with van der Waals surface area (Å²) >= 11 is 5.93. The molecule has 0 amide bonds.